The third-order valence-electron chi connectivity index (χ3n) is 6.30. The third kappa shape index (κ3) is 5.27. The van der Waals surface area contributed by atoms with Crippen molar-refractivity contribution in [1.29, 1.82) is 0 Å². The van der Waals surface area contributed by atoms with Crippen molar-refractivity contribution in [2.24, 2.45) is 5.92 Å². The van der Waals surface area contributed by atoms with Gasteiger partial charge < -0.3 is 9.80 Å². The number of hydrogen-bond acceptors (Lipinski definition) is 3. The lowest BCUT2D eigenvalue weighted by Crippen LogP contribution is -2.51. The van der Waals surface area contributed by atoms with Gasteiger partial charge in [-0.05, 0) is 42.7 Å². The molecule has 5 nitrogen and oxygen atoms in total. The van der Waals surface area contributed by atoms with Gasteiger partial charge in [-0.15, -0.1) is 0 Å². The summed E-state index contributed by atoms with van der Waals surface area (Å²) in [6, 6.07) is 10.8. The second-order valence-electron chi connectivity index (χ2n) is 8.42. The van der Waals surface area contributed by atoms with Gasteiger partial charge in [0.1, 0.15) is 11.6 Å². The van der Waals surface area contributed by atoms with Gasteiger partial charge >= 0.3 is 0 Å². The molecule has 2 aliphatic heterocycles. The van der Waals surface area contributed by atoms with E-state index in [9.17, 15) is 18.4 Å². The average Bonchev–Trinajstić information content (AvgIpc) is 2.80. The van der Waals surface area contributed by atoms with Gasteiger partial charge in [0.05, 0.1) is 5.56 Å². The summed E-state index contributed by atoms with van der Waals surface area (Å²) in [6.07, 6.45) is 1.11. The summed E-state index contributed by atoms with van der Waals surface area (Å²) in [4.78, 5) is 31.3. The first-order valence-electron chi connectivity index (χ1n) is 10.9. The van der Waals surface area contributed by atoms with E-state index in [-0.39, 0.29) is 17.4 Å². The number of carbonyl (C=O) groups excluding carboxylic acids is 2. The van der Waals surface area contributed by atoms with Gasteiger partial charge in [-0.25, -0.2) is 8.78 Å². The molecule has 2 heterocycles. The second kappa shape index (κ2) is 9.96. The van der Waals surface area contributed by atoms with Crippen molar-refractivity contribution in [1.82, 2.24) is 14.7 Å². The molecule has 2 fully saturated rings. The summed E-state index contributed by atoms with van der Waals surface area (Å²) < 4.78 is 27.0. The van der Waals surface area contributed by atoms with Crippen LogP contribution >= 0.6 is 11.6 Å². The zero-order valence-electron chi connectivity index (χ0n) is 17.8. The van der Waals surface area contributed by atoms with Crippen LogP contribution < -0.4 is 0 Å². The van der Waals surface area contributed by atoms with Gasteiger partial charge in [0.2, 0.25) is 5.91 Å². The summed E-state index contributed by atoms with van der Waals surface area (Å²) in [5.74, 6) is -2.01. The van der Waals surface area contributed by atoms with E-state index in [4.69, 9.17) is 11.6 Å². The van der Waals surface area contributed by atoms with E-state index in [2.05, 4.69) is 4.90 Å². The molecule has 0 bridgehead atoms. The summed E-state index contributed by atoms with van der Waals surface area (Å²) >= 11 is 5.94. The predicted octanol–water partition coefficient (Wildman–Crippen LogP) is 3.81. The number of halogens is 3. The molecule has 0 aromatic heterocycles. The van der Waals surface area contributed by atoms with Gasteiger partial charge in [-0.1, -0.05) is 23.7 Å². The van der Waals surface area contributed by atoms with Crippen LogP contribution in [0.3, 0.4) is 0 Å². The molecule has 0 unspecified atom stereocenters. The van der Waals surface area contributed by atoms with E-state index in [0.717, 1.165) is 36.8 Å². The van der Waals surface area contributed by atoms with Crippen LogP contribution in [0.15, 0.2) is 42.5 Å². The number of hydrogen-bond donors (Lipinski definition) is 0. The summed E-state index contributed by atoms with van der Waals surface area (Å²) in [5.41, 5.74) is 1.07. The van der Waals surface area contributed by atoms with Crippen molar-refractivity contribution in [3.05, 3.63) is 70.2 Å². The molecule has 0 N–H and O–H groups in total. The van der Waals surface area contributed by atoms with Crippen LogP contribution in [0.1, 0.15) is 28.8 Å². The zero-order chi connectivity index (χ0) is 22.7. The Bertz CT molecular complexity index is 970. The van der Waals surface area contributed by atoms with Crippen molar-refractivity contribution in [3.63, 3.8) is 0 Å². The fraction of sp³-hybridized carbons (Fsp3) is 0.417. The van der Waals surface area contributed by atoms with Gasteiger partial charge in [0.25, 0.3) is 5.91 Å². The van der Waals surface area contributed by atoms with Gasteiger partial charge in [-0.2, -0.15) is 0 Å². The van der Waals surface area contributed by atoms with Crippen LogP contribution in [-0.2, 0) is 11.3 Å². The van der Waals surface area contributed by atoms with E-state index in [0.29, 0.717) is 39.0 Å². The molecule has 2 aromatic rings. The molecule has 2 aliphatic rings. The van der Waals surface area contributed by atoms with Crippen molar-refractivity contribution >= 4 is 23.4 Å². The number of rotatable bonds is 4. The SMILES string of the molecule is O=C(c1ccc(F)cc1F)N1CCC(C(=O)N2CCN(Cc3ccc(Cl)cc3)CC2)CC1. The minimum Gasteiger partial charge on any atom is -0.340 e. The zero-order valence-corrected chi connectivity index (χ0v) is 18.5. The Labute approximate surface area is 191 Å². The standard InChI is InChI=1S/C24H26ClF2N3O2/c25-19-3-1-17(2-4-19)16-28-11-13-30(14-12-28)23(31)18-7-9-29(10-8-18)24(32)21-6-5-20(26)15-22(21)27/h1-6,15,18H,7-14,16H2. The number of piperidine rings is 1. The molecule has 32 heavy (non-hydrogen) atoms. The van der Waals surface area contributed by atoms with E-state index in [1.807, 2.05) is 29.2 Å². The summed E-state index contributed by atoms with van der Waals surface area (Å²) in [5, 5.41) is 0.722. The molecule has 170 valence electrons. The quantitative estimate of drug-likeness (QED) is 0.695. The second-order valence-corrected chi connectivity index (χ2v) is 8.85. The fourth-order valence-corrected chi connectivity index (χ4v) is 4.52. The number of nitrogens with zero attached hydrogens (tertiary/aromatic N) is 3. The summed E-state index contributed by atoms with van der Waals surface area (Å²) in [6.45, 7) is 4.62. The van der Waals surface area contributed by atoms with Gasteiger partial charge in [0.15, 0.2) is 0 Å². The normalized spacial score (nSPS) is 18.1. The molecule has 0 spiro atoms. The van der Waals surface area contributed by atoms with E-state index in [1.165, 1.54) is 11.6 Å². The monoisotopic (exact) mass is 461 g/mol. The first kappa shape index (κ1) is 22.7. The highest BCUT2D eigenvalue weighted by atomic mass is 35.5. The molecule has 4 rings (SSSR count). The number of amides is 2. The van der Waals surface area contributed by atoms with Crippen LogP contribution in [0.2, 0.25) is 5.02 Å². The first-order valence-corrected chi connectivity index (χ1v) is 11.3. The van der Waals surface area contributed by atoms with Crippen molar-refractivity contribution in [3.8, 4) is 0 Å². The maximum atomic E-state index is 13.9. The predicted molar refractivity (Wildman–Crippen MR) is 118 cm³/mol. The summed E-state index contributed by atoms with van der Waals surface area (Å²) in [7, 11) is 0. The molecule has 2 aromatic carbocycles. The van der Waals surface area contributed by atoms with E-state index < -0.39 is 17.5 Å². The molecule has 2 saturated heterocycles. The van der Waals surface area contributed by atoms with Gasteiger partial charge in [-0.3, -0.25) is 14.5 Å². The van der Waals surface area contributed by atoms with Crippen LogP contribution in [0.4, 0.5) is 8.78 Å². The van der Waals surface area contributed by atoms with Crippen molar-refractivity contribution in [2.75, 3.05) is 39.3 Å². The first-order chi connectivity index (χ1) is 15.4. The highest BCUT2D eigenvalue weighted by molar-refractivity contribution is 6.30. The fourth-order valence-electron chi connectivity index (χ4n) is 4.40. The molecular formula is C24H26ClF2N3O2. The third-order valence-corrected chi connectivity index (χ3v) is 6.55. The Hall–Kier alpha value is -2.51. The van der Waals surface area contributed by atoms with Crippen molar-refractivity contribution < 1.29 is 18.4 Å². The Morgan fingerprint density at radius 3 is 2.16 bits per heavy atom. The molecule has 8 heteroatoms. The average molecular weight is 462 g/mol. The Balaban J connectivity index is 1.25. The number of likely N-dealkylation sites (tertiary alicyclic amines) is 1. The van der Waals surface area contributed by atoms with Crippen LogP contribution in [-0.4, -0.2) is 65.8 Å². The minimum absolute atomic E-state index is 0.125. The lowest BCUT2D eigenvalue weighted by atomic mass is 9.94. The molecule has 0 atom stereocenters. The largest absolute Gasteiger partial charge is 0.340 e. The molecule has 0 radical (unpaired) electrons. The maximum absolute atomic E-state index is 13.9. The van der Waals surface area contributed by atoms with E-state index in [1.54, 1.807) is 4.90 Å². The van der Waals surface area contributed by atoms with Gasteiger partial charge in [0, 0.05) is 62.8 Å². The Morgan fingerprint density at radius 1 is 0.875 bits per heavy atom. The van der Waals surface area contributed by atoms with Crippen LogP contribution in [0.5, 0.6) is 0 Å². The van der Waals surface area contributed by atoms with E-state index >= 15 is 0 Å². The number of benzene rings is 2. The number of piperazine rings is 1. The Morgan fingerprint density at radius 2 is 1.53 bits per heavy atom. The van der Waals surface area contributed by atoms with Crippen LogP contribution in [0.25, 0.3) is 0 Å². The smallest absolute Gasteiger partial charge is 0.256 e. The minimum atomic E-state index is -0.857. The molecule has 0 aliphatic carbocycles. The highest BCUT2D eigenvalue weighted by Gasteiger charge is 2.32. The lowest BCUT2D eigenvalue weighted by Gasteiger charge is -2.38. The highest BCUT2D eigenvalue weighted by Crippen LogP contribution is 2.23. The molecule has 0 saturated carbocycles. The lowest BCUT2D eigenvalue weighted by molar-refractivity contribution is -0.138. The molecule has 2 amide bonds. The topological polar surface area (TPSA) is 43.9 Å². The Kier molecular flexibility index (Phi) is 7.06. The maximum Gasteiger partial charge on any atom is 0.256 e. The molecular weight excluding hydrogens is 436 g/mol. The number of carbonyl (C=O) groups is 2. The van der Waals surface area contributed by atoms with Crippen LogP contribution in [0, 0.1) is 17.6 Å². The van der Waals surface area contributed by atoms with Crippen molar-refractivity contribution in [2.45, 2.75) is 19.4 Å².